The summed E-state index contributed by atoms with van der Waals surface area (Å²) in [5.41, 5.74) is 1.68. The molecule has 2 aromatic rings. The zero-order chi connectivity index (χ0) is 13.0. The van der Waals surface area contributed by atoms with Gasteiger partial charge in [0.05, 0.1) is 12.7 Å². The maximum absolute atomic E-state index is 13.0. The van der Waals surface area contributed by atoms with Crippen molar-refractivity contribution in [3.05, 3.63) is 47.5 Å². The van der Waals surface area contributed by atoms with Crippen molar-refractivity contribution in [1.82, 2.24) is 15.1 Å². The molecule has 0 saturated heterocycles. The standard InChI is InChI=1S/C13H16FN3O/c1-10-7-16-17(9-10)5-4-15-8-11-6-12(14)2-3-13(11)18/h2-3,6-7,9,15,18H,4-5,8H2,1H3. The monoisotopic (exact) mass is 249 g/mol. The Labute approximate surface area is 105 Å². The quantitative estimate of drug-likeness (QED) is 0.795. The van der Waals surface area contributed by atoms with Gasteiger partial charge in [0.25, 0.3) is 0 Å². The van der Waals surface area contributed by atoms with Crippen molar-refractivity contribution < 1.29 is 9.50 Å². The van der Waals surface area contributed by atoms with Crippen molar-refractivity contribution in [2.75, 3.05) is 6.54 Å². The Morgan fingerprint density at radius 3 is 3.00 bits per heavy atom. The fourth-order valence-corrected chi connectivity index (χ4v) is 1.70. The molecule has 0 unspecified atom stereocenters. The van der Waals surface area contributed by atoms with Crippen LogP contribution in [0.1, 0.15) is 11.1 Å². The summed E-state index contributed by atoms with van der Waals surface area (Å²) in [5, 5.41) is 16.8. The van der Waals surface area contributed by atoms with Crippen LogP contribution in [0, 0.1) is 12.7 Å². The van der Waals surface area contributed by atoms with E-state index in [0.29, 0.717) is 18.7 Å². The lowest BCUT2D eigenvalue weighted by Gasteiger charge is -2.07. The molecular weight excluding hydrogens is 233 g/mol. The zero-order valence-electron chi connectivity index (χ0n) is 10.2. The molecule has 18 heavy (non-hydrogen) atoms. The molecule has 5 heteroatoms. The first-order chi connectivity index (χ1) is 8.65. The highest BCUT2D eigenvalue weighted by Gasteiger charge is 2.02. The Hall–Kier alpha value is -1.88. The van der Waals surface area contributed by atoms with Gasteiger partial charge in [0.15, 0.2) is 0 Å². The molecule has 2 N–H and O–H groups in total. The summed E-state index contributed by atoms with van der Waals surface area (Å²) < 4.78 is 14.8. The summed E-state index contributed by atoms with van der Waals surface area (Å²) >= 11 is 0. The topological polar surface area (TPSA) is 50.1 Å². The first-order valence-electron chi connectivity index (χ1n) is 5.82. The third-order valence-electron chi connectivity index (χ3n) is 2.64. The molecule has 0 aliphatic rings. The normalized spacial score (nSPS) is 10.8. The molecule has 1 heterocycles. The number of aryl methyl sites for hydroxylation is 1. The number of nitrogens with zero attached hydrogens (tertiary/aromatic N) is 2. The third kappa shape index (κ3) is 3.30. The summed E-state index contributed by atoms with van der Waals surface area (Å²) in [6.07, 6.45) is 3.76. The van der Waals surface area contributed by atoms with Crippen molar-refractivity contribution in [2.24, 2.45) is 0 Å². The van der Waals surface area contributed by atoms with E-state index in [4.69, 9.17) is 0 Å². The van der Waals surface area contributed by atoms with Crippen molar-refractivity contribution in [2.45, 2.75) is 20.0 Å². The summed E-state index contributed by atoms with van der Waals surface area (Å²) in [6, 6.07) is 3.94. The van der Waals surface area contributed by atoms with Crippen molar-refractivity contribution in [3.63, 3.8) is 0 Å². The van der Waals surface area contributed by atoms with Gasteiger partial charge < -0.3 is 10.4 Å². The minimum atomic E-state index is -0.340. The van der Waals surface area contributed by atoms with Crippen LogP contribution < -0.4 is 5.32 Å². The van der Waals surface area contributed by atoms with Crippen LogP contribution in [-0.2, 0) is 13.1 Å². The van der Waals surface area contributed by atoms with Gasteiger partial charge in [-0.2, -0.15) is 5.10 Å². The molecule has 0 saturated carbocycles. The number of halogens is 1. The minimum absolute atomic E-state index is 0.110. The highest BCUT2D eigenvalue weighted by molar-refractivity contribution is 5.32. The summed E-state index contributed by atoms with van der Waals surface area (Å²) in [5.74, 6) is -0.230. The van der Waals surface area contributed by atoms with E-state index in [9.17, 15) is 9.50 Å². The number of phenolic OH excluding ortho intramolecular Hbond substituents is 1. The Kier molecular flexibility index (Phi) is 3.94. The first kappa shape index (κ1) is 12.6. The van der Waals surface area contributed by atoms with Crippen molar-refractivity contribution in [1.29, 1.82) is 0 Å². The average Bonchev–Trinajstić information content (AvgIpc) is 2.75. The molecule has 0 aliphatic carbocycles. The summed E-state index contributed by atoms with van der Waals surface area (Å²) in [4.78, 5) is 0. The molecular formula is C13H16FN3O. The molecule has 0 amide bonds. The SMILES string of the molecule is Cc1cnn(CCNCc2cc(F)ccc2O)c1. The van der Waals surface area contributed by atoms with Crippen LogP contribution in [0.3, 0.4) is 0 Å². The number of rotatable bonds is 5. The maximum Gasteiger partial charge on any atom is 0.123 e. The molecule has 96 valence electrons. The number of hydrogen-bond donors (Lipinski definition) is 2. The van der Waals surface area contributed by atoms with Gasteiger partial charge in [-0.15, -0.1) is 0 Å². The van der Waals surface area contributed by atoms with Gasteiger partial charge in [-0.25, -0.2) is 4.39 Å². The van der Waals surface area contributed by atoms with E-state index in [1.807, 2.05) is 17.8 Å². The molecule has 0 fully saturated rings. The van der Waals surface area contributed by atoms with E-state index in [0.717, 1.165) is 12.1 Å². The van der Waals surface area contributed by atoms with Crippen LogP contribution in [-0.4, -0.2) is 21.4 Å². The molecule has 0 spiro atoms. The van der Waals surface area contributed by atoms with E-state index in [1.165, 1.54) is 18.2 Å². The van der Waals surface area contributed by atoms with Gasteiger partial charge in [-0.1, -0.05) is 0 Å². The average molecular weight is 249 g/mol. The van der Waals surface area contributed by atoms with Gasteiger partial charge in [0, 0.05) is 24.8 Å². The highest BCUT2D eigenvalue weighted by atomic mass is 19.1. The lowest BCUT2D eigenvalue weighted by atomic mass is 10.2. The van der Waals surface area contributed by atoms with Crippen LogP contribution >= 0.6 is 0 Å². The third-order valence-corrected chi connectivity index (χ3v) is 2.64. The second kappa shape index (κ2) is 5.64. The molecule has 0 aliphatic heterocycles. The first-order valence-corrected chi connectivity index (χ1v) is 5.82. The van der Waals surface area contributed by atoms with Crippen LogP contribution in [0.2, 0.25) is 0 Å². The number of hydrogen-bond acceptors (Lipinski definition) is 3. The van der Waals surface area contributed by atoms with Crippen LogP contribution in [0.5, 0.6) is 5.75 Å². The smallest absolute Gasteiger partial charge is 0.123 e. The van der Waals surface area contributed by atoms with E-state index in [-0.39, 0.29) is 11.6 Å². The Balaban J connectivity index is 1.80. The lowest BCUT2D eigenvalue weighted by Crippen LogP contribution is -2.19. The van der Waals surface area contributed by atoms with E-state index in [1.54, 1.807) is 6.20 Å². The Morgan fingerprint density at radius 1 is 1.44 bits per heavy atom. The molecule has 2 rings (SSSR count). The number of aromatic nitrogens is 2. The fraction of sp³-hybridized carbons (Fsp3) is 0.308. The van der Waals surface area contributed by atoms with Crippen molar-refractivity contribution in [3.8, 4) is 5.75 Å². The molecule has 0 bridgehead atoms. The molecule has 0 atom stereocenters. The van der Waals surface area contributed by atoms with E-state index in [2.05, 4.69) is 10.4 Å². The molecule has 1 aromatic heterocycles. The largest absolute Gasteiger partial charge is 0.508 e. The van der Waals surface area contributed by atoms with Crippen LogP contribution in [0.15, 0.2) is 30.6 Å². The second-order valence-corrected chi connectivity index (χ2v) is 4.23. The molecule has 1 aromatic carbocycles. The van der Waals surface area contributed by atoms with Gasteiger partial charge >= 0.3 is 0 Å². The Bertz CT molecular complexity index is 525. The molecule has 4 nitrogen and oxygen atoms in total. The van der Waals surface area contributed by atoms with Gasteiger partial charge in [0.2, 0.25) is 0 Å². The van der Waals surface area contributed by atoms with Crippen LogP contribution in [0.4, 0.5) is 4.39 Å². The number of phenols is 1. The van der Waals surface area contributed by atoms with E-state index < -0.39 is 0 Å². The van der Waals surface area contributed by atoms with Gasteiger partial charge in [0.1, 0.15) is 11.6 Å². The summed E-state index contributed by atoms with van der Waals surface area (Å²) in [7, 11) is 0. The fourth-order valence-electron chi connectivity index (χ4n) is 1.70. The van der Waals surface area contributed by atoms with E-state index >= 15 is 0 Å². The number of benzene rings is 1. The molecule has 0 radical (unpaired) electrons. The van der Waals surface area contributed by atoms with Gasteiger partial charge in [-0.3, -0.25) is 4.68 Å². The number of nitrogens with one attached hydrogen (secondary N) is 1. The lowest BCUT2D eigenvalue weighted by molar-refractivity contribution is 0.459. The maximum atomic E-state index is 13.0. The minimum Gasteiger partial charge on any atom is -0.508 e. The summed E-state index contributed by atoms with van der Waals surface area (Å²) in [6.45, 7) is 3.87. The van der Waals surface area contributed by atoms with Crippen molar-refractivity contribution >= 4 is 0 Å². The van der Waals surface area contributed by atoms with Crippen LogP contribution in [0.25, 0.3) is 0 Å². The second-order valence-electron chi connectivity index (χ2n) is 4.23. The number of aromatic hydroxyl groups is 1. The highest BCUT2D eigenvalue weighted by Crippen LogP contribution is 2.17. The predicted octanol–water partition coefficient (Wildman–Crippen LogP) is 1.83. The Morgan fingerprint density at radius 2 is 2.28 bits per heavy atom. The zero-order valence-corrected chi connectivity index (χ0v) is 10.2. The van der Waals surface area contributed by atoms with Gasteiger partial charge in [-0.05, 0) is 30.7 Å². The predicted molar refractivity (Wildman–Crippen MR) is 66.7 cm³/mol.